The van der Waals surface area contributed by atoms with Crippen LogP contribution in [0.5, 0.6) is 0 Å². The van der Waals surface area contributed by atoms with Crippen molar-refractivity contribution in [1.82, 2.24) is 4.72 Å². The zero-order valence-electron chi connectivity index (χ0n) is 17.0. The van der Waals surface area contributed by atoms with E-state index in [9.17, 15) is 22.4 Å². The van der Waals surface area contributed by atoms with E-state index >= 15 is 0 Å². The van der Waals surface area contributed by atoms with E-state index in [1.54, 1.807) is 32.9 Å². The molecule has 1 saturated heterocycles. The van der Waals surface area contributed by atoms with E-state index in [1.807, 2.05) is 0 Å². The molecule has 2 aromatic carbocycles. The second-order valence-corrected chi connectivity index (χ2v) is 9.91. The smallest absolute Gasteiger partial charge is 0.241 e. The fourth-order valence-corrected chi connectivity index (χ4v) is 4.70. The molecule has 1 aliphatic rings. The second kappa shape index (κ2) is 8.16. The van der Waals surface area contributed by atoms with Crippen LogP contribution in [-0.2, 0) is 19.6 Å². The number of halogens is 1. The first-order valence-corrected chi connectivity index (χ1v) is 10.9. The topological polar surface area (TPSA) is 95.6 Å². The number of benzene rings is 2. The minimum atomic E-state index is -3.76. The van der Waals surface area contributed by atoms with Crippen molar-refractivity contribution in [2.45, 2.75) is 37.6 Å². The molecule has 2 aromatic rings. The Bertz CT molecular complexity index is 1080. The van der Waals surface area contributed by atoms with Crippen molar-refractivity contribution >= 4 is 33.2 Å². The quantitative estimate of drug-likeness (QED) is 0.758. The van der Waals surface area contributed by atoms with E-state index in [-0.39, 0.29) is 29.5 Å². The summed E-state index contributed by atoms with van der Waals surface area (Å²) in [6, 6.07) is 11.8. The van der Waals surface area contributed by atoms with Crippen molar-refractivity contribution in [3.05, 3.63) is 54.3 Å². The highest BCUT2D eigenvalue weighted by Crippen LogP contribution is 2.28. The van der Waals surface area contributed by atoms with Gasteiger partial charge in [-0.3, -0.25) is 9.59 Å². The normalized spacial score (nSPS) is 17.3. The molecular weight excluding hydrogens is 409 g/mol. The van der Waals surface area contributed by atoms with Crippen LogP contribution in [0, 0.1) is 11.7 Å². The summed E-state index contributed by atoms with van der Waals surface area (Å²) in [6.45, 7) is 5.24. The first-order valence-electron chi connectivity index (χ1n) is 9.46. The van der Waals surface area contributed by atoms with Crippen LogP contribution in [0.2, 0.25) is 0 Å². The molecule has 9 heteroatoms. The maximum Gasteiger partial charge on any atom is 0.241 e. The number of hydrogen-bond donors (Lipinski definition) is 2. The van der Waals surface area contributed by atoms with Gasteiger partial charge >= 0.3 is 0 Å². The van der Waals surface area contributed by atoms with Crippen LogP contribution >= 0.6 is 0 Å². The van der Waals surface area contributed by atoms with Gasteiger partial charge in [-0.25, -0.2) is 17.5 Å². The molecule has 0 aliphatic carbocycles. The molecule has 160 valence electrons. The molecule has 1 aliphatic heterocycles. The van der Waals surface area contributed by atoms with Gasteiger partial charge in [0.1, 0.15) is 5.82 Å². The second-order valence-electron chi connectivity index (χ2n) is 8.23. The molecule has 0 saturated carbocycles. The number of nitrogens with one attached hydrogen (secondary N) is 2. The Morgan fingerprint density at radius 2 is 1.83 bits per heavy atom. The first kappa shape index (κ1) is 21.9. The van der Waals surface area contributed by atoms with E-state index in [0.717, 1.165) is 0 Å². The molecule has 1 atom stereocenters. The van der Waals surface area contributed by atoms with Crippen molar-refractivity contribution < 1.29 is 22.4 Å². The van der Waals surface area contributed by atoms with Crippen LogP contribution < -0.4 is 14.9 Å². The van der Waals surface area contributed by atoms with Crippen LogP contribution in [0.4, 0.5) is 15.8 Å². The average molecular weight is 434 g/mol. The molecular formula is C21H24FN3O4S. The largest absolute Gasteiger partial charge is 0.326 e. The summed E-state index contributed by atoms with van der Waals surface area (Å²) in [5.74, 6) is -1.98. The van der Waals surface area contributed by atoms with Crippen molar-refractivity contribution in [3.8, 4) is 0 Å². The molecule has 0 bridgehead atoms. The Kier molecular flexibility index (Phi) is 5.96. The lowest BCUT2D eigenvalue weighted by atomic mass is 10.1. The summed E-state index contributed by atoms with van der Waals surface area (Å²) >= 11 is 0. The number of nitrogens with zero attached hydrogens (tertiary/aromatic N) is 1. The summed E-state index contributed by atoms with van der Waals surface area (Å²) in [5.41, 5.74) is -0.217. The zero-order chi connectivity index (χ0) is 22.1. The predicted molar refractivity (Wildman–Crippen MR) is 112 cm³/mol. The highest BCUT2D eigenvalue weighted by Gasteiger charge is 2.36. The lowest BCUT2D eigenvalue weighted by Crippen LogP contribution is -2.40. The number of amides is 2. The third-order valence-corrected chi connectivity index (χ3v) is 6.25. The molecule has 2 amide bonds. The highest BCUT2D eigenvalue weighted by atomic mass is 32.2. The molecule has 7 nitrogen and oxygen atoms in total. The van der Waals surface area contributed by atoms with Crippen LogP contribution in [0.1, 0.15) is 27.2 Å². The Labute approximate surface area is 175 Å². The number of para-hydroxylation sites is 1. The number of carbonyl (C=O) groups excluding carboxylic acids is 2. The average Bonchev–Trinajstić information content (AvgIpc) is 3.02. The van der Waals surface area contributed by atoms with Gasteiger partial charge in [0.15, 0.2) is 0 Å². The summed E-state index contributed by atoms with van der Waals surface area (Å²) < 4.78 is 41.6. The Morgan fingerprint density at radius 3 is 2.50 bits per heavy atom. The van der Waals surface area contributed by atoms with Crippen molar-refractivity contribution in [3.63, 3.8) is 0 Å². The molecule has 1 heterocycles. The molecule has 0 aromatic heterocycles. The van der Waals surface area contributed by atoms with Gasteiger partial charge in [0.05, 0.1) is 16.5 Å². The van der Waals surface area contributed by atoms with Gasteiger partial charge in [-0.05, 0) is 51.1 Å². The van der Waals surface area contributed by atoms with Crippen molar-refractivity contribution in [2.24, 2.45) is 5.92 Å². The Balaban J connectivity index is 1.73. The van der Waals surface area contributed by atoms with Crippen molar-refractivity contribution in [2.75, 3.05) is 16.8 Å². The van der Waals surface area contributed by atoms with Crippen molar-refractivity contribution in [1.29, 1.82) is 0 Å². The molecule has 0 spiro atoms. The summed E-state index contributed by atoms with van der Waals surface area (Å²) in [6.07, 6.45) is -0.0518. The number of carbonyl (C=O) groups is 2. The van der Waals surface area contributed by atoms with Gasteiger partial charge in [0, 0.05) is 24.2 Å². The summed E-state index contributed by atoms with van der Waals surface area (Å²) in [7, 11) is -3.76. The fourth-order valence-electron chi connectivity index (χ4n) is 3.23. The predicted octanol–water partition coefficient (Wildman–Crippen LogP) is 2.89. The first-order chi connectivity index (χ1) is 14.0. The van der Waals surface area contributed by atoms with Crippen LogP contribution in [0.15, 0.2) is 53.4 Å². The lowest BCUT2D eigenvalue weighted by molar-refractivity contribution is -0.122. The summed E-state index contributed by atoms with van der Waals surface area (Å²) in [5, 5.41) is 2.66. The Morgan fingerprint density at radius 1 is 1.13 bits per heavy atom. The van der Waals surface area contributed by atoms with Crippen LogP contribution in [-0.4, -0.2) is 32.3 Å². The van der Waals surface area contributed by atoms with E-state index in [1.165, 1.54) is 41.3 Å². The van der Waals surface area contributed by atoms with E-state index in [0.29, 0.717) is 5.69 Å². The number of sulfonamides is 1. The number of anilines is 2. The molecule has 1 unspecified atom stereocenters. The third-order valence-electron chi connectivity index (χ3n) is 4.49. The minimum Gasteiger partial charge on any atom is -0.326 e. The SMILES string of the molecule is CC(C)(C)NS(=O)(=O)c1cccc(NC(=O)C2CC(=O)N(c3ccccc3F)C2)c1. The fraction of sp³-hybridized carbons (Fsp3) is 0.333. The van der Waals surface area contributed by atoms with Gasteiger partial charge in [-0.1, -0.05) is 18.2 Å². The number of rotatable bonds is 5. The summed E-state index contributed by atoms with van der Waals surface area (Å²) in [4.78, 5) is 26.2. The molecule has 2 N–H and O–H groups in total. The van der Waals surface area contributed by atoms with Gasteiger partial charge in [0.25, 0.3) is 0 Å². The van der Waals surface area contributed by atoms with Crippen LogP contribution in [0.25, 0.3) is 0 Å². The standard InChI is InChI=1S/C21H24FN3O4S/c1-21(2,3)24-30(28,29)16-8-6-7-15(12-16)23-20(27)14-11-19(26)25(13-14)18-10-5-4-9-17(18)22/h4-10,12,14,24H,11,13H2,1-3H3,(H,23,27). The Hall–Kier alpha value is -2.78. The zero-order valence-corrected chi connectivity index (χ0v) is 17.8. The monoisotopic (exact) mass is 433 g/mol. The minimum absolute atomic E-state index is 0.0192. The maximum atomic E-state index is 14.0. The van der Waals surface area contributed by atoms with Crippen LogP contribution in [0.3, 0.4) is 0 Å². The lowest BCUT2D eigenvalue weighted by Gasteiger charge is -2.20. The van der Waals surface area contributed by atoms with Gasteiger partial charge < -0.3 is 10.2 Å². The molecule has 3 rings (SSSR count). The van der Waals surface area contributed by atoms with Gasteiger partial charge in [-0.2, -0.15) is 0 Å². The third kappa shape index (κ3) is 5.03. The van der Waals surface area contributed by atoms with E-state index in [2.05, 4.69) is 10.0 Å². The number of hydrogen-bond acceptors (Lipinski definition) is 4. The molecule has 30 heavy (non-hydrogen) atoms. The molecule has 1 fully saturated rings. The molecule has 0 radical (unpaired) electrons. The van der Waals surface area contributed by atoms with E-state index < -0.39 is 33.2 Å². The highest BCUT2D eigenvalue weighted by molar-refractivity contribution is 7.89. The van der Waals surface area contributed by atoms with Gasteiger partial charge in [0.2, 0.25) is 21.8 Å². The maximum absolute atomic E-state index is 14.0. The van der Waals surface area contributed by atoms with E-state index in [4.69, 9.17) is 0 Å². The van der Waals surface area contributed by atoms with Gasteiger partial charge in [-0.15, -0.1) is 0 Å².